The summed E-state index contributed by atoms with van der Waals surface area (Å²) in [5.41, 5.74) is 2.06. The van der Waals surface area contributed by atoms with Gasteiger partial charge in [-0.15, -0.1) is 0 Å². The van der Waals surface area contributed by atoms with E-state index in [1.807, 2.05) is 42.5 Å². The van der Waals surface area contributed by atoms with Gasteiger partial charge < -0.3 is 9.73 Å². The third-order valence-corrected chi connectivity index (χ3v) is 3.90. The highest BCUT2D eigenvalue weighted by Crippen LogP contribution is 2.35. The zero-order valence-electron chi connectivity index (χ0n) is 12.4. The fraction of sp³-hybridized carbons (Fsp3) is 0.0526. The molecule has 24 heavy (non-hydrogen) atoms. The van der Waals surface area contributed by atoms with Crippen LogP contribution in [0.25, 0.3) is 21.9 Å². The van der Waals surface area contributed by atoms with Crippen LogP contribution in [0.4, 0.5) is 24.5 Å². The first-order valence-corrected chi connectivity index (χ1v) is 7.37. The maximum atomic E-state index is 12.6. The highest BCUT2D eigenvalue weighted by atomic mass is 19.4. The molecule has 3 aromatic carbocycles. The molecule has 0 saturated heterocycles. The maximum absolute atomic E-state index is 12.6. The summed E-state index contributed by atoms with van der Waals surface area (Å²) in [5, 5.41) is 5.09. The molecule has 2 nitrogen and oxygen atoms in total. The quantitative estimate of drug-likeness (QED) is 0.464. The van der Waals surface area contributed by atoms with E-state index in [9.17, 15) is 13.2 Å². The van der Waals surface area contributed by atoms with Crippen molar-refractivity contribution in [3.05, 3.63) is 72.3 Å². The monoisotopic (exact) mass is 327 g/mol. The van der Waals surface area contributed by atoms with E-state index in [2.05, 4.69) is 5.32 Å². The van der Waals surface area contributed by atoms with Gasteiger partial charge in [0.15, 0.2) is 5.58 Å². The smallest absolute Gasteiger partial charge is 0.416 e. The summed E-state index contributed by atoms with van der Waals surface area (Å²) < 4.78 is 43.8. The van der Waals surface area contributed by atoms with Crippen molar-refractivity contribution in [3.63, 3.8) is 0 Å². The zero-order chi connectivity index (χ0) is 16.7. The highest BCUT2D eigenvalue weighted by Gasteiger charge is 2.29. The van der Waals surface area contributed by atoms with Gasteiger partial charge in [-0.05, 0) is 36.4 Å². The van der Waals surface area contributed by atoms with Gasteiger partial charge in [-0.2, -0.15) is 13.2 Å². The van der Waals surface area contributed by atoms with Gasteiger partial charge in [0.2, 0.25) is 0 Å². The van der Waals surface area contributed by atoms with Crippen molar-refractivity contribution < 1.29 is 17.6 Å². The van der Waals surface area contributed by atoms with Crippen molar-refractivity contribution >= 4 is 33.3 Å². The maximum Gasteiger partial charge on any atom is 0.416 e. The van der Waals surface area contributed by atoms with E-state index in [1.165, 1.54) is 12.1 Å². The molecule has 120 valence electrons. The fourth-order valence-corrected chi connectivity index (χ4v) is 2.74. The number of hydrogen-bond acceptors (Lipinski definition) is 2. The van der Waals surface area contributed by atoms with Crippen molar-refractivity contribution in [1.29, 1.82) is 0 Å². The molecule has 0 fully saturated rings. The lowest BCUT2D eigenvalue weighted by Crippen LogP contribution is -2.04. The normalized spacial score (nSPS) is 12.0. The molecule has 0 aliphatic rings. The van der Waals surface area contributed by atoms with E-state index in [4.69, 9.17) is 4.42 Å². The van der Waals surface area contributed by atoms with Crippen LogP contribution < -0.4 is 5.32 Å². The van der Waals surface area contributed by atoms with Crippen LogP contribution in [0.3, 0.4) is 0 Å². The van der Waals surface area contributed by atoms with Crippen molar-refractivity contribution in [2.24, 2.45) is 0 Å². The fourth-order valence-electron chi connectivity index (χ4n) is 2.74. The molecule has 1 aromatic heterocycles. The Labute approximate surface area is 135 Å². The van der Waals surface area contributed by atoms with Crippen LogP contribution in [-0.2, 0) is 6.18 Å². The lowest BCUT2D eigenvalue weighted by molar-refractivity contribution is -0.137. The minimum absolute atomic E-state index is 0.566. The van der Waals surface area contributed by atoms with E-state index in [0.29, 0.717) is 17.0 Å². The third kappa shape index (κ3) is 2.48. The zero-order valence-corrected chi connectivity index (χ0v) is 12.4. The van der Waals surface area contributed by atoms with Crippen molar-refractivity contribution in [3.8, 4) is 0 Å². The van der Waals surface area contributed by atoms with Crippen molar-refractivity contribution in [1.82, 2.24) is 0 Å². The summed E-state index contributed by atoms with van der Waals surface area (Å²) in [6.45, 7) is 0. The molecule has 4 rings (SSSR count). The summed E-state index contributed by atoms with van der Waals surface area (Å²) in [6.07, 6.45) is -4.34. The Morgan fingerprint density at radius 3 is 2.21 bits per heavy atom. The molecule has 0 amide bonds. The van der Waals surface area contributed by atoms with E-state index < -0.39 is 11.7 Å². The first kappa shape index (κ1) is 14.6. The number of furan rings is 1. The number of benzene rings is 3. The van der Waals surface area contributed by atoms with Gasteiger partial charge in [0, 0.05) is 16.5 Å². The largest absolute Gasteiger partial charge is 0.454 e. The summed E-state index contributed by atoms with van der Waals surface area (Å²) >= 11 is 0. The van der Waals surface area contributed by atoms with E-state index in [-0.39, 0.29) is 0 Å². The SMILES string of the molecule is FC(F)(F)c1ccc(Nc2cccc3c2oc2ccccc23)cc1. The van der Waals surface area contributed by atoms with Gasteiger partial charge in [-0.25, -0.2) is 0 Å². The molecule has 0 atom stereocenters. The summed E-state index contributed by atoms with van der Waals surface area (Å²) in [5.74, 6) is 0. The number of alkyl halides is 3. The molecule has 0 spiro atoms. The second-order valence-corrected chi connectivity index (χ2v) is 5.48. The summed E-state index contributed by atoms with van der Waals surface area (Å²) in [6, 6.07) is 18.3. The van der Waals surface area contributed by atoms with E-state index in [0.717, 1.165) is 28.5 Å². The summed E-state index contributed by atoms with van der Waals surface area (Å²) in [7, 11) is 0. The molecule has 1 heterocycles. The Balaban J connectivity index is 1.74. The van der Waals surface area contributed by atoms with Gasteiger partial charge in [-0.3, -0.25) is 0 Å². The standard InChI is InChI=1S/C19H12F3NO/c20-19(21,22)12-8-10-13(11-9-12)23-16-6-3-5-15-14-4-1-2-7-17(14)24-18(15)16/h1-11,23H. The van der Waals surface area contributed by atoms with Crippen LogP contribution in [0, 0.1) is 0 Å². The number of fused-ring (bicyclic) bond motifs is 3. The number of rotatable bonds is 2. The lowest BCUT2D eigenvalue weighted by Gasteiger charge is -2.09. The van der Waals surface area contributed by atoms with Gasteiger partial charge in [0.1, 0.15) is 5.58 Å². The first-order chi connectivity index (χ1) is 11.5. The van der Waals surface area contributed by atoms with Crippen LogP contribution in [-0.4, -0.2) is 0 Å². The van der Waals surface area contributed by atoms with Gasteiger partial charge in [0.25, 0.3) is 0 Å². The number of halogens is 3. The molecule has 0 bridgehead atoms. The molecular weight excluding hydrogens is 315 g/mol. The number of hydrogen-bond donors (Lipinski definition) is 1. The average molecular weight is 327 g/mol. The summed E-state index contributed by atoms with van der Waals surface area (Å²) in [4.78, 5) is 0. The Bertz CT molecular complexity index is 1020. The van der Waals surface area contributed by atoms with Gasteiger partial charge in [0.05, 0.1) is 11.3 Å². The molecule has 0 saturated carbocycles. The van der Waals surface area contributed by atoms with Gasteiger partial charge >= 0.3 is 6.18 Å². The second-order valence-electron chi connectivity index (χ2n) is 5.48. The Kier molecular flexibility index (Phi) is 3.23. The minimum Gasteiger partial charge on any atom is -0.454 e. The predicted molar refractivity (Wildman–Crippen MR) is 88.4 cm³/mol. The van der Waals surface area contributed by atoms with Gasteiger partial charge in [-0.1, -0.05) is 30.3 Å². The number of anilines is 2. The van der Waals surface area contributed by atoms with Crippen molar-refractivity contribution in [2.45, 2.75) is 6.18 Å². The molecule has 0 aliphatic carbocycles. The third-order valence-electron chi connectivity index (χ3n) is 3.90. The Hall–Kier alpha value is -2.95. The Morgan fingerprint density at radius 1 is 0.750 bits per heavy atom. The predicted octanol–water partition coefficient (Wildman–Crippen LogP) is 6.35. The topological polar surface area (TPSA) is 25.2 Å². The molecule has 4 aromatic rings. The Morgan fingerprint density at radius 2 is 1.46 bits per heavy atom. The van der Waals surface area contributed by atoms with Crippen LogP contribution >= 0.6 is 0 Å². The van der Waals surface area contributed by atoms with E-state index >= 15 is 0 Å². The number of nitrogens with one attached hydrogen (secondary N) is 1. The second kappa shape index (κ2) is 5.30. The molecule has 0 radical (unpaired) electrons. The van der Waals surface area contributed by atoms with E-state index in [1.54, 1.807) is 0 Å². The first-order valence-electron chi connectivity index (χ1n) is 7.37. The molecule has 1 N–H and O–H groups in total. The number of para-hydroxylation sites is 2. The molecule has 0 unspecified atom stereocenters. The average Bonchev–Trinajstić information content (AvgIpc) is 2.94. The van der Waals surface area contributed by atoms with Crippen LogP contribution in [0.2, 0.25) is 0 Å². The van der Waals surface area contributed by atoms with Crippen molar-refractivity contribution in [2.75, 3.05) is 5.32 Å². The lowest BCUT2D eigenvalue weighted by atomic mass is 10.1. The molecule has 5 heteroatoms. The minimum atomic E-state index is -4.34. The van der Waals surface area contributed by atoms with Crippen LogP contribution in [0.5, 0.6) is 0 Å². The highest BCUT2D eigenvalue weighted by molar-refractivity contribution is 6.09. The molecular formula is C19H12F3NO. The van der Waals surface area contributed by atoms with Crippen LogP contribution in [0.1, 0.15) is 5.56 Å². The van der Waals surface area contributed by atoms with Crippen LogP contribution in [0.15, 0.2) is 71.1 Å². The molecule has 0 aliphatic heterocycles.